The second kappa shape index (κ2) is 5.77. The van der Waals surface area contributed by atoms with E-state index in [1.807, 2.05) is 30.1 Å². The Kier molecular flexibility index (Phi) is 4.07. The van der Waals surface area contributed by atoms with Gasteiger partial charge in [-0.2, -0.15) is 5.26 Å². The third-order valence-corrected chi connectivity index (χ3v) is 3.39. The van der Waals surface area contributed by atoms with Gasteiger partial charge < -0.3 is 4.90 Å². The Bertz CT molecular complexity index is 704. The molecule has 0 unspecified atom stereocenters. The molecule has 0 aliphatic carbocycles. The lowest BCUT2D eigenvalue weighted by molar-refractivity contribution is 0.101. The smallest absolute Gasteiger partial charge is 0.161 e. The monoisotopic (exact) mass is 284 g/mol. The molecule has 20 heavy (non-hydrogen) atoms. The number of carbonyl (C=O) groups excluding carboxylic acids is 1. The van der Waals surface area contributed by atoms with Crippen LogP contribution in [0.3, 0.4) is 0 Å². The van der Waals surface area contributed by atoms with E-state index in [9.17, 15) is 4.79 Å². The van der Waals surface area contributed by atoms with Crippen molar-refractivity contribution < 1.29 is 4.79 Å². The largest absolute Gasteiger partial charge is 0.345 e. The summed E-state index contributed by atoms with van der Waals surface area (Å²) in [6.45, 7) is 1.49. The lowest BCUT2D eigenvalue weighted by Crippen LogP contribution is -2.10. The molecule has 0 bridgehead atoms. The van der Waals surface area contributed by atoms with Crippen molar-refractivity contribution in [2.75, 3.05) is 11.9 Å². The summed E-state index contributed by atoms with van der Waals surface area (Å²) in [6, 6.07) is 14.7. The highest BCUT2D eigenvalue weighted by molar-refractivity contribution is 6.34. The normalized spacial score (nSPS) is 9.90. The van der Waals surface area contributed by atoms with Gasteiger partial charge in [-0.25, -0.2) is 0 Å². The molecule has 0 radical (unpaired) electrons. The van der Waals surface area contributed by atoms with Crippen LogP contribution in [0.1, 0.15) is 22.8 Å². The first-order chi connectivity index (χ1) is 9.52. The Balaban J connectivity index is 2.38. The number of halogens is 1. The van der Waals surface area contributed by atoms with Crippen LogP contribution in [0.5, 0.6) is 0 Å². The van der Waals surface area contributed by atoms with E-state index in [0.29, 0.717) is 16.1 Å². The van der Waals surface area contributed by atoms with Gasteiger partial charge in [-0.05, 0) is 43.3 Å². The van der Waals surface area contributed by atoms with Crippen molar-refractivity contribution in [1.29, 1.82) is 5.26 Å². The molecule has 2 rings (SSSR count). The number of carbonyl (C=O) groups is 1. The minimum Gasteiger partial charge on any atom is -0.345 e. The molecule has 0 aliphatic heterocycles. The van der Waals surface area contributed by atoms with Gasteiger partial charge in [0.25, 0.3) is 0 Å². The van der Waals surface area contributed by atoms with Gasteiger partial charge in [0.05, 0.1) is 16.7 Å². The van der Waals surface area contributed by atoms with Crippen LogP contribution in [0.15, 0.2) is 42.5 Å². The van der Waals surface area contributed by atoms with E-state index in [-0.39, 0.29) is 5.78 Å². The molecule has 0 amide bonds. The molecular formula is C16H13ClN2O. The zero-order valence-electron chi connectivity index (χ0n) is 11.2. The minimum atomic E-state index is -0.0596. The first-order valence-corrected chi connectivity index (χ1v) is 6.45. The Morgan fingerprint density at radius 1 is 1.20 bits per heavy atom. The van der Waals surface area contributed by atoms with Gasteiger partial charge in [-0.15, -0.1) is 0 Å². The van der Waals surface area contributed by atoms with E-state index in [1.165, 1.54) is 6.92 Å². The Labute approximate surface area is 123 Å². The van der Waals surface area contributed by atoms with E-state index < -0.39 is 0 Å². The van der Waals surface area contributed by atoms with Gasteiger partial charge in [0.1, 0.15) is 0 Å². The van der Waals surface area contributed by atoms with Crippen molar-refractivity contribution in [3.8, 4) is 6.07 Å². The summed E-state index contributed by atoms with van der Waals surface area (Å²) >= 11 is 6.11. The molecule has 100 valence electrons. The molecule has 3 nitrogen and oxygen atoms in total. The predicted octanol–water partition coefficient (Wildman–Crippen LogP) is 4.18. The molecule has 2 aromatic carbocycles. The maximum atomic E-state index is 11.4. The number of hydrogen-bond acceptors (Lipinski definition) is 3. The van der Waals surface area contributed by atoms with Crippen molar-refractivity contribution in [2.24, 2.45) is 0 Å². The Hall–Kier alpha value is -2.31. The van der Waals surface area contributed by atoms with Crippen LogP contribution in [0, 0.1) is 11.3 Å². The molecule has 0 fully saturated rings. The molecule has 0 N–H and O–H groups in total. The molecule has 0 aromatic heterocycles. The average molecular weight is 285 g/mol. The van der Waals surface area contributed by atoms with E-state index in [1.54, 1.807) is 24.3 Å². The second-order valence-electron chi connectivity index (χ2n) is 4.44. The fourth-order valence-electron chi connectivity index (χ4n) is 1.93. The molecule has 0 saturated carbocycles. The molecule has 0 heterocycles. The van der Waals surface area contributed by atoms with Crippen molar-refractivity contribution >= 4 is 28.8 Å². The van der Waals surface area contributed by atoms with Gasteiger partial charge in [0.15, 0.2) is 5.78 Å². The molecule has 2 aromatic rings. The van der Waals surface area contributed by atoms with Crippen LogP contribution in [0.25, 0.3) is 0 Å². The van der Waals surface area contributed by atoms with Crippen LogP contribution < -0.4 is 4.90 Å². The number of hydrogen-bond donors (Lipinski definition) is 0. The van der Waals surface area contributed by atoms with Crippen molar-refractivity contribution in [3.63, 3.8) is 0 Å². The van der Waals surface area contributed by atoms with E-state index in [2.05, 4.69) is 6.07 Å². The zero-order valence-corrected chi connectivity index (χ0v) is 12.0. The van der Waals surface area contributed by atoms with Crippen LogP contribution in [0.2, 0.25) is 5.02 Å². The zero-order chi connectivity index (χ0) is 14.7. The van der Waals surface area contributed by atoms with Crippen LogP contribution in [0.4, 0.5) is 11.4 Å². The standard InChI is InChI=1S/C16H13ClN2O/c1-11(20)15-7-6-14(9-16(15)17)19(2)13-5-3-4-12(8-13)10-18/h3-9H,1-2H3. The Morgan fingerprint density at radius 3 is 2.50 bits per heavy atom. The third-order valence-electron chi connectivity index (χ3n) is 3.08. The van der Waals surface area contributed by atoms with Crippen molar-refractivity contribution in [2.45, 2.75) is 6.92 Å². The van der Waals surface area contributed by atoms with Crippen molar-refractivity contribution in [3.05, 3.63) is 58.6 Å². The fraction of sp³-hybridized carbons (Fsp3) is 0.125. The highest BCUT2D eigenvalue weighted by Crippen LogP contribution is 2.28. The summed E-state index contributed by atoms with van der Waals surface area (Å²) in [5, 5.41) is 9.36. The van der Waals surface area contributed by atoms with Gasteiger partial charge >= 0.3 is 0 Å². The summed E-state index contributed by atoms with van der Waals surface area (Å²) in [5.41, 5.74) is 2.85. The molecule has 0 spiro atoms. The highest BCUT2D eigenvalue weighted by atomic mass is 35.5. The number of anilines is 2. The predicted molar refractivity (Wildman–Crippen MR) is 80.7 cm³/mol. The third kappa shape index (κ3) is 2.81. The van der Waals surface area contributed by atoms with E-state index in [4.69, 9.17) is 16.9 Å². The van der Waals surface area contributed by atoms with E-state index >= 15 is 0 Å². The van der Waals surface area contributed by atoms with Gasteiger partial charge in [0.2, 0.25) is 0 Å². The van der Waals surface area contributed by atoms with Gasteiger partial charge in [-0.3, -0.25) is 4.79 Å². The first kappa shape index (κ1) is 14.1. The topological polar surface area (TPSA) is 44.1 Å². The van der Waals surface area contributed by atoms with Gasteiger partial charge in [-0.1, -0.05) is 17.7 Å². The number of rotatable bonds is 3. The lowest BCUT2D eigenvalue weighted by atomic mass is 10.1. The molecule has 0 aliphatic rings. The molecule has 0 atom stereocenters. The van der Waals surface area contributed by atoms with Crippen LogP contribution in [-0.2, 0) is 0 Å². The quantitative estimate of drug-likeness (QED) is 0.794. The number of Topliss-reactive ketones (excluding diaryl/α,β-unsaturated/α-hetero) is 1. The number of nitriles is 1. The maximum Gasteiger partial charge on any atom is 0.161 e. The van der Waals surface area contributed by atoms with Crippen molar-refractivity contribution in [1.82, 2.24) is 0 Å². The summed E-state index contributed by atoms with van der Waals surface area (Å²) in [5.74, 6) is -0.0596. The second-order valence-corrected chi connectivity index (χ2v) is 4.85. The summed E-state index contributed by atoms with van der Waals surface area (Å²) in [4.78, 5) is 13.3. The summed E-state index contributed by atoms with van der Waals surface area (Å²) in [6.07, 6.45) is 0. The first-order valence-electron chi connectivity index (χ1n) is 6.07. The maximum absolute atomic E-state index is 11.4. The molecule has 0 saturated heterocycles. The number of benzene rings is 2. The highest BCUT2D eigenvalue weighted by Gasteiger charge is 2.10. The van der Waals surface area contributed by atoms with Crippen LogP contribution in [-0.4, -0.2) is 12.8 Å². The summed E-state index contributed by atoms with van der Waals surface area (Å²) < 4.78 is 0. The minimum absolute atomic E-state index is 0.0596. The SMILES string of the molecule is CC(=O)c1ccc(N(C)c2cccc(C#N)c2)cc1Cl. The Morgan fingerprint density at radius 2 is 1.90 bits per heavy atom. The summed E-state index contributed by atoms with van der Waals surface area (Å²) in [7, 11) is 1.88. The fourth-order valence-corrected chi connectivity index (χ4v) is 2.24. The molecule has 4 heteroatoms. The number of nitrogens with zero attached hydrogens (tertiary/aromatic N) is 2. The van der Waals surface area contributed by atoms with E-state index in [0.717, 1.165) is 11.4 Å². The molecular weight excluding hydrogens is 272 g/mol. The number of ketones is 1. The lowest BCUT2D eigenvalue weighted by Gasteiger charge is -2.20. The van der Waals surface area contributed by atoms with Gasteiger partial charge in [0, 0.05) is 24.0 Å². The average Bonchev–Trinajstić information content (AvgIpc) is 2.46. The van der Waals surface area contributed by atoms with Crippen LogP contribution >= 0.6 is 11.6 Å².